The van der Waals surface area contributed by atoms with Crippen LogP contribution < -0.4 is 11.1 Å². The first-order valence-corrected chi connectivity index (χ1v) is 11.4. The molecule has 0 aliphatic carbocycles. The summed E-state index contributed by atoms with van der Waals surface area (Å²) in [4.78, 5) is 11.8. The molecule has 2 saturated heterocycles. The lowest BCUT2D eigenvalue weighted by atomic mass is 9.62. The summed E-state index contributed by atoms with van der Waals surface area (Å²) < 4.78 is 23.4. The van der Waals surface area contributed by atoms with Gasteiger partial charge >= 0.3 is 0 Å². The Hall–Kier alpha value is -0.890. The lowest BCUT2D eigenvalue weighted by Gasteiger charge is -2.56. The van der Waals surface area contributed by atoms with Gasteiger partial charge in [-0.2, -0.15) is 0 Å². The van der Waals surface area contributed by atoms with Gasteiger partial charge in [0.05, 0.1) is 49.3 Å². The van der Waals surface area contributed by atoms with Crippen molar-refractivity contribution in [3.05, 3.63) is 0 Å². The molecule has 2 aliphatic rings. The molecule has 10 atom stereocenters. The van der Waals surface area contributed by atoms with Gasteiger partial charge in [0.15, 0.2) is 12.6 Å². The van der Waals surface area contributed by atoms with E-state index in [4.69, 9.17) is 24.7 Å². The third-order valence-corrected chi connectivity index (χ3v) is 7.64. The zero-order valence-electron chi connectivity index (χ0n) is 20.6. The highest BCUT2D eigenvalue weighted by molar-refractivity contribution is 5.73. The SMILES string of the molecule is CO[C@@H]1OC(CO)C(C(C)(C)C(C)(C)O[C@@H]2OC(CO)C(C)[C@@H](O)[C@@H]2N)[C@@H](O)[C@@H]1NC(C)=O. The van der Waals surface area contributed by atoms with Crippen molar-refractivity contribution in [2.45, 2.75) is 96.2 Å². The maximum atomic E-state index is 11.8. The first-order chi connectivity index (χ1) is 15.2. The predicted molar refractivity (Wildman–Crippen MR) is 118 cm³/mol. The van der Waals surface area contributed by atoms with E-state index in [0.717, 1.165) is 0 Å². The van der Waals surface area contributed by atoms with E-state index in [0.29, 0.717) is 0 Å². The molecule has 2 rings (SSSR count). The van der Waals surface area contributed by atoms with Gasteiger partial charge in [-0.3, -0.25) is 4.79 Å². The normalized spacial score (nSPS) is 40.5. The molecule has 33 heavy (non-hydrogen) atoms. The Morgan fingerprint density at radius 1 is 1.03 bits per heavy atom. The van der Waals surface area contributed by atoms with Crippen molar-refractivity contribution in [1.82, 2.24) is 5.32 Å². The Kier molecular flexibility index (Phi) is 9.28. The van der Waals surface area contributed by atoms with Crippen molar-refractivity contribution in [3.63, 3.8) is 0 Å². The molecule has 1 amide bonds. The Labute approximate surface area is 195 Å². The number of aliphatic hydroxyl groups is 4. The topological polar surface area (TPSA) is 173 Å². The third kappa shape index (κ3) is 5.52. The zero-order valence-corrected chi connectivity index (χ0v) is 20.6. The van der Waals surface area contributed by atoms with E-state index in [-0.39, 0.29) is 18.4 Å². The molecule has 0 saturated carbocycles. The number of hydrogen-bond acceptors (Lipinski definition) is 10. The molecule has 2 fully saturated rings. The minimum absolute atomic E-state index is 0.298. The molecule has 4 unspecified atom stereocenters. The highest BCUT2D eigenvalue weighted by Gasteiger charge is 2.57. The molecule has 2 aliphatic heterocycles. The molecule has 0 spiro atoms. The van der Waals surface area contributed by atoms with Gasteiger partial charge in [0.25, 0.3) is 0 Å². The van der Waals surface area contributed by atoms with E-state index in [1.165, 1.54) is 14.0 Å². The average Bonchev–Trinajstić information content (AvgIpc) is 2.74. The maximum Gasteiger partial charge on any atom is 0.217 e. The fraction of sp³-hybridized carbons (Fsp3) is 0.955. The Balaban J connectivity index is 2.34. The second-order valence-corrected chi connectivity index (χ2v) is 10.2. The number of carbonyl (C=O) groups is 1. The van der Waals surface area contributed by atoms with Gasteiger partial charge in [-0.05, 0) is 13.8 Å². The number of rotatable bonds is 8. The summed E-state index contributed by atoms with van der Waals surface area (Å²) in [5, 5.41) is 44.2. The zero-order chi connectivity index (χ0) is 25.3. The highest BCUT2D eigenvalue weighted by atomic mass is 16.7. The van der Waals surface area contributed by atoms with Crippen molar-refractivity contribution >= 4 is 5.91 Å². The van der Waals surface area contributed by atoms with Crippen LogP contribution in [0.25, 0.3) is 0 Å². The van der Waals surface area contributed by atoms with E-state index in [9.17, 15) is 25.2 Å². The summed E-state index contributed by atoms with van der Waals surface area (Å²) in [7, 11) is 1.39. The van der Waals surface area contributed by atoms with Gasteiger partial charge in [-0.15, -0.1) is 0 Å². The van der Waals surface area contributed by atoms with E-state index in [1.807, 2.05) is 13.8 Å². The molecule has 0 aromatic carbocycles. The van der Waals surface area contributed by atoms with Crippen LogP contribution in [-0.4, -0.2) is 101 Å². The minimum Gasteiger partial charge on any atom is -0.394 e. The average molecular weight is 479 g/mol. The number of hydrogen-bond donors (Lipinski definition) is 6. The van der Waals surface area contributed by atoms with Crippen molar-refractivity contribution in [3.8, 4) is 0 Å². The molecular weight excluding hydrogens is 436 g/mol. The molecule has 2 heterocycles. The van der Waals surface area contributed by atoms with Crippen LogP contribution in [0.15, 0.2) is 0 Å². The monoisotopic (exact) mass is 478 g/mol. The standard InChI is InChI=1S/C22H42N2O9/c1-10-12(8-25)31-19(15(23)17(10)28)33-22(5,6)21(3,4)14-13(9-26)32-20(30-7)16(18(14)29)24-11(2)27/h10,12-20,25-26,28-29H,8-9,23H2,1-7H3,(H,24,27)/t10?,12?,13?,14?,15-,16-,17+,18+,19-,20+/m0/s1. The number of carbonyl (C=O) groups excluding carboxylic acids is 1. The predicted octanol–water partition coefficient (Wildman–Crippen LogP) is -1.31. The largest absolute Gasteiger partial charge is 0.394 e. The molecule has 0 bridgehead atoms. The molecule has 194 valence electrons. The first-order valence-electron chi connectivity index (χ1n) is 11.4. The molecule has 0 radical (unpaired) electrons. The Bertz CT molecular complexity index is 660. The fourth-order valence-electron chi connectivity index (χ4n) is 4.86. The molecule has 11 heteroatoms. The van der Waals surface area contributed by atoms with Crippen LogP contribution in [0.2, 0.25) is 0 Å². The second kappa shape index (κ2) is 10.8. The molecule has 0 aromatic heterocycles. The van der Waals surface area contributed by atoms with Crippen molar-refractivity contribution in [1.29, 1.82) is 0 Å². The van der Waals surface area contributed by atoms with E-state index >= 15 is 0 Å². The van der Waals surface area contributed by atoms with Crippen LogP contribution in [-0.2, 0) is 23.7 Å². The molecular formula is C22H42N2O9. The lowest BCUT2D eigenvalue weighted by molar-refractivity contribution is -0.320. The van der Waals surface area contributed by atoms with Crippen LogP contribution in [0, 0.1) is 17.3 Å². The summed E-state index contributed by atoms with van der Waals surface area (Å²) in [5.41, 5.74) is 4.29. The van der Waals surface area contributed by atoms with Crippen molar-refractivity contribution in [2.24, 2.45) is 23.0 Å². The number of nitrogens with two attached hydrogens (primary N) is 1. The second-order valence-electron chi connectivity index (χ2n) is 10.2. The van der Waals surface area contributed by atoms with E-state index in [1.54, 1.807) is 20.8 Å². The summed E-state index contributed by atoms with van der Waals surface area (Å²) in [5.74, 6) is -1.44. The molecule has 11 nitrogen and oxygen atoms in total. The Morgan fingerprint density at radius 3 is 2.06 bits per heavy atom. The number of ether oxygens (including phenoxy) is 4. The minimum atomic E-state index is -1.14. The van der Waals surface area contributed by atoms with Gasteiger partial charge in [0.1, 0.15) is 6.04 Å². The smallest absolute Gasteiger partial charge is 0.217 e. The lowest BCUT2D eigenvalue weighted by Crippen LogP contribution is -2.68. The number of nitrogens with one attached hydrogen (secondary N) is 1. The van der Waals surface area contributed by atoms with Crippen molar-refractivity contribution in [2.75, 3.05) is 20.3 Å². The van der Waals surface area contributed by atoms with Gasteiger partial charge in [-0.25, -0.2) is 0 Å². The summed E-state index contributed by atoms with van der Waals surface area (Å²) in [6.07, 6.45) is -5.52. The molecule has 7 N–H and O–H groups in total. The van der Waals surface area contributed by atoms with Gasteiger partial charge < -0.3 is 50.4 Å². The maximum absolute atomic E-state index is 11.8. The van der Waals surface area contributed by atoms with Crippen LogP contribution in [0.5, 0.6) is 0 Å². The van der Waals surface area contributed by atoms with Gasteiger partial charge in [0.2, 0.25) is 5.91 Å². The van der Waals surface area contributed by atoms with Crippen LogP contribution in [0.1, 0.15) is 41.5 Å². The van der Waals surface area contributed by atoms with Crippen LogP contribution in [0.4, 0.5) is 0 Å². The highest BCUT2D eigenvalue weighted by Crippen LogP contribution is 2.48. The van der Waals surface area contributed by atoms with Crippen LogP contribution >= 0.6 is 0 Å². The summed E-state index contributed by atoms with van der Waals surface area (Å²) in [6.45, 7) is 9.66. The van der Waals surface area contributed by atoms with Crippen molar-refractivity contribution < 1.29 is 44.2 Å². The van der Waals surface area contributed by atoms with Gasteiger partial charge in [-0.1, -0.05) is 20.8 Å². The fourth-order valence-corrected chi connectivity index (χ4v) is 4.86. The van der Waals surface area contributed by atoms with E-state index in [2.05, 4.69) is 5.32 Å². The third-order valence-electron chi connectivity index (χ3n) is 7.64. The summed E-state index contributed by atoms with van der Waals surface area (Å²) >= 11 is 0. The summed E-state index contributed by atoms with van der Waals surface area (Å²) in [6, 6.07) is -1.73. The van der Waals surface area contributed by atoms with E-state index < -0.39 is 72.6 Å². The van der Waals surface area contributed by atoms with Crippen LogP contribution in [0.3, 0.4) is 0 Å². The number of aliphatic hydroxyl groups excluding tert-OH is 4. The first kappa shape index (κ1) is 28.3. The molecule has 0 aromatic rings. The number of methoxy groups -OCH3 is 1. The Morgan fingerprint density at radius 2 is 1.58 bits per heavy atom. The number of amides is 1. The van der Waals surface area contributed by atoms with Gasteiger partial charge in [0, 0.05) is 31.3 Å². The quantitative estimate of drug-likeness (QED) is 0.246.